The lowest BCUT2D eigenvalue weighted by Gasteiger charge is -2.30. The Morgan fingerprint density at radius 3 is 2.09 bits per heavy atom. The van der Waals surface area contributed by atoms with Gasteiger partial charge in [0, 0.05) is 31.6 Å². The van der Waals surface area contributed by atoms with Gasteiger partial charge >= 0.3 is 0 Å². The van der Waals surface area contributed by atoms with Crippen molar-refractivity contribution in [2.45, 2.75) is 31.6 Å². The minimum absolute atomic E-state index is 0.0337. The topological polar surface area (TPSA) is 83.6 Å². The summed E-state index contributed by atoms with van der Waals surface area (Å²) < 4.78 is 26.5. The molecule has 6 nitrogen and oxygen atoms in total. The van der Waals surface area contributed by atoms with Crippen LogP contribution in [0.25, 0.3) is 0 Å². The summed E-state index contributed by atoms with van der Waals surface area (Å²) in [5.74, 6) is -0.118. The molecule has 1 fully saturated rings. The Labute approximate surface area is 130 Å². The summed E-state index contributed by atoms with van der Waals surface area (Å²) in [6.45, 7) is 3.67. The van der Waals surface area contributed by atoms with Gasteiger partial charge in [-0.3, -0.25) is 9.59 Å². The number of anilines is 1. The Morgan fingerprint density at radius 1 is 1.09 bits per heavy atom. The second kappa shape index (κ2) is 6.58. The largest absolute Gasteiger partial charge is 0.326 e. The third-order valence-corrected chi connectivity index (χ3v) is 5.75. The van der Waals surface area contributed by atoms with Crippen LogP contribution in [0.5, 0.6) is 0 Å². The number of nitrogens with zero attached hydrogens (tertiary/aromatic N) is 1. The van der Waals surface area contributed by atoms with Crippen LogP contribution >= 0.6 is 0 Å². The number of amides is 1. The average Bonchev–Trinajstić information content (AvgIpc) is 2.47. The molecule has 1 N–H and O–H groups in total. The standard InChI is InChI=1S/C15H20N2O4S/c1-11(18)13-7-9-17(10-8-13)22(20,21)15-5-3-14(4-6-15)16-12(2)19/h3-6,13H,7-10H2,1-2H3,(H,16,19). The second-order valence-corrected chi connectivity index (χ2v) is 7.43. The molecule has 0 bridgehead atoms. The minimum atomic E-state index is -3.55. The first kappa shape index (κ1) is 16.6. The molecule has 0 unspecified atom stereocenters. The molecule has 1 aromatic carbocycles. The van der Waals surface area contributed by atoms with Crippen molar-refractivity contribution < 1.29 is 18.0 Å². The lowest BCUT2D eigenvalue weighted by atomic mass is 9.95. The lowest BCUT2D eigenvalue weighted by Crippen LogP contribution is -2.39. The Balaban J connectivity index is 2.10. The van der Waals surface area contributed by atoms with Gasteiger partial charge in [0.25, 0.3) is 0 Å². The van der Waals surface area contributed by atoms with Crippen LogP contribution in [-0.2, 0) is 19.6 Å². The zero-order valence-corrected chi connectivity index (χ0v) is 13.5. The third-order valence-electron chi connectivity index (χ3n) is 3.84. The van der Waals surface area contributed by atoms with Gasteiger partial charge in [-0.05, 0) is 44.0 Å². The van der Waals surface area contributed by atoms with Crippen LogP contribution < -0.4 is 5.32 Å². The maximum Gasteiger partial charge on any atom is 0.243 e. The Bertz CT molecular complexity index is 659. The van der Waals surface area contributed by atoms with Crippen molar-refractivity contribution in [1.29, 1.82) is 0 Å². The van der Waals surface area contributed by atoms with E-state index in [0.29, 0.717) is 31.6 Å². The first-order chi connectivity index (χ1) is 10.3. The van der Waals surface area contributed by atoms with Crippen LogP contribution in [0.3, 0.4) is 0 Å². The summed E-state index contributed by atoms with van der Waals surface area (Å²) >= 11 is 0. The molecule has 1 aromatic rings. The highest BCUT2D eigenvalue weighted by Gasteiger charge is 2.30. The van der Waals surface area contributed by atoms with E-state index in [9.17, 15) is 18.0 Å². The van der Waals surface area contributed by atoms with E-state index in [2.05, 4.69) is 5.32 Å². The molecule has 2 rings (SSSR count). The van der Waals surface area contributed by atoms with E-state index in [1.807, 2.05) is 0 Å². The van der Waals surface area contributed by atoms with Crippen molar-refractivity contribution in [2.75, 3.05) is 18.4 Å². The van der Waals surface area contributed by atoms with E-state index in [0.717, 1.165) is 0 Å². The van der Waals surface area contributed by atoms with Crippen molar-refractivity contribution >= 4 is 27.4 Å². The quantitative estimate of drug-likeness (QED) is 0.912. The van der Waals surface area contributed by atoms with Gasteiger partial charge in [0.15, 0.2) is 0 Å². The van der Waals surface area contributed by atoms with Gasteiger partial charge < -0.3 is 5.32 Å². The van der Waals surface area contributed by atoms with Crippen molar-refractivity contribution in [1.82, 2.24) is 4.31 Å². The first-order valence-corrected chi connectivity index (χ1v) is 8.63. The Morgan fingerprint density at radius 2 is 1.64 bits per heavy atom. The predicted octanol–water partition coefficient (Wildman–Crippen LogP) is 1.63. The zero-order valence-electron chi connectivity index (χ0n) is 12.7. The zero-order chi connectivity index (χ0) is 16.3. The molecule has 0 spiro atoms. The van der Waals surface area contributed by atoms with E-state index >= 15 is 0 Å². The van der Waals surface area contributed by atoms with E-state index in [4.69, 9.17) is 0 Å². The van der Waals surface area contributed by atoms with Gasteiger partial charge in [-0.25, -0.2) is 8.42 Å². The molecule has 0 aliphatic carbocycles. The van der Waals surface area contributed by atoms with E-state index in [-0.39, 0.29) is 22.5 Å². The number of hydrogen-bond acceptors (Lipinski definition) is 4. The van der Waals surface area contributed by atoms with Crippen LogP contribution in [0.2, 0.25) is 0 Å². The van der Waals surface area contributed by atoms with Gasteiger partial charge in [0.1, 0.15) is 5.78 Å². The fraction of sp³-hybridized carbons (Fsp3) is 0.467. The highest BCUT2D eigenvalue weighted by atomic mass is 32.2. The van der Waals surface area contributed by atoms with E-state index < -0.39 is 10.0 Å². The van der Waals surface area contributed by atoms with E-state index in [1.165, 1.54) is 23.4 Å². The summed E-state index contributed by atoms with van der Waals surface area (Å²) in [5, 5.41) is 2.60. The van der Waals surface area contributed by atoms with Crippen LogP contribution in [0, 0.1) is 5.92 Å². The number of ketones is 1. The summed E-state index contributed by atoms with van der Waals surface area (Å²) in [5.41, 5.74) is 0.557. The average molecular weight is 324 g/mol. The van der Waals surface area contributed by atoms with E-state index in [1.54, 1.807) is 19.1 Å². The molecule has 1 heterocycles. The Kier molecular flexibility index (Phi) is 4.97. The van der Waals surface area contributed by atoms with Gasteiger partial charge in [0.2, 0.25) is 15.9 Å². The molecular weight excluding hydrogens is 304 g/mol. The summed E-state index contributed by atoms with van der Waals surface area (Å²) in [4.78, 5) is 22.5. The molecular formula is C15H20N2O4S. The van der Waals surface area contributed by atoms with Crippen molar-refractivity contribution in [3.05, 3.63) is 24.3 Å². The monoisotopic (exact) mass is 324 g/mol. The van der Waals surface area contributed by atoms with Crippen LogP contribution in [0.4, 0.5) is 5.69 Å². The fourth-order valence-corrected chi connectivity index (χ4v) is 4.03. The SMILES string of the molecule is CC(=O)Nc1ccc(S(=O)(=O)N2CCC(C(C)=O)CC2)cc1. The van der Waals surface area contributed by atoms with Gasteiger partial charge in [-0.1, -0.05) is 0 Å². The highest BCUT2D eigenvalue weighted by Crippen LogP contribution is 2.25. The summed E-state index contributed by atoms with van der Waals surface area (Å²) in [6, 6.07) is 6.10. The van der Waals surface area contributed by atoms with Crippen molar-refractivity contribution in [2.24, 2.45) is 5.92 Å². The summed E-state index contributed by atoms with van der Waals surface area (Å²) in [7, 11) is -3.55. The molecule has 1 aliphatic heterocycles. The second-order valence-electron chi connectivity index (χ2n) is 5.49. The molecule has 7 heteroatoms. The van der Waals surface area contributed by atoms with Crippen molar-refractivity contribution in [3.63, 3.8) is 0 Å². The number of carbonyl (C=O) groups excluding carboxylic acids is 2. The van der Waals surface area contributed by atoms with Crippen LogP contribution in [-0.4, -0.2) is 37.5 Å². The first-order valence-electron chi connectivity index (χ1n) is 7.19. The van der Waals surface area contributed by atoms with Gasteiger partial charge in [-0.2, -0.15) is 4.31 Å². The number of piperidine rings is 1. The minimum Gasteiger partial charge on any atom is -0.326 e. The molecule has 0 saturated carbocycles. The number of sulfonamides is 1. The molecule has 0 aromatic heterocycles. The molecule has 120 valence electrons. The smallest absolute Gasteiger partial charge is 0.243 e. The number of rotatable bonds is 4. The lowest BCUT2D eigenvalue weighted by molar-refractivity contribution is -0.121. The number of Topliss-reactive ketones (excluding diaryl/α,β-unsaturated/α-hetero) is 1. The maximum absolute atomic E-state index is 12.6. The molecule has 1 amide bonds. The highest BCUT2D eigenvalue weighted by molar-refractivity contribution is 7.89. The number of hydrogen-bond donors (Lipinski definition) is 1. The molecule has 0 atom stereocenters. The normalized spacial score (nSPS) is 17.2. The number of benzene rings is 1. The third kappa shape index (κ3) is 3.72. The van der Waals surface area contributed by atoms with Crippen molar-refractivity contribution in [3.8, 4) is 0 Å². The number of carbonyl (C=O) groups is 2. The van der Waals surface area contributed by atoms with Crippen LogP contribution in [0.15, 0.2) is 29.2 Å². The fourth-order valence-electron chi connectivity index (χ4n) is 2.57. The summed E-state index contributed by atoms with van der Waals surface area (Å²) in [6.07, 6.45) is 1.14. The number of nitrogens with one attached hydrogen (secondary N) is 1. The maximum atomic E-state index is 12.6. The predicted molar refractivity (Wildman–Crippen MR) is 82.9 cm³/mol. The van der Waals surface area contributed by atoms with Crippen LogP contribution in [0.1, 0.15) is 26.7 Å². The van der Waals surface area contributed by atoms with Gasteiger partial charge in [0.05, 0.1) is 4.90 Å². The molecule has 1 saturated heterocycles. The molecule has 22 heavy (non-hydrogen) atoms. The molecule has 1 aliphatic rings. The molecule has 0 radical (unpaired) electrons. The Hall–Kier alpha value is -1.73. The van der Waals surface area contributed by atoms with Gasteiger partial charge in [-0.15, -0.1) is 0 Å².